The van der Waals surface area contributed by atoms with Gasteiger partial charge in [0.05, 0.1) is 33.4 Å². The van der Waals surface area contributed by atoms with Gasteiger partial charge in [0.1, 0.15) is 29.6 Å². The fraction of sp³-hybridized carbons (Fsp3) is 0.258. The van der Waals surface area contributed by atoms with Gasteiger partial charge in [-0.1, -0.05) is 79.7 Å². The Morgan fingerprint density at radius 2 is 1.80 bits per heavy atom. The molecular weight excluding hydrogens is 577 g/mol. The van der Waals surface area contributed by atoms with E-state index in [0.717, 1.165) is 34.2 Å². The molecular formula is C31H30N2O5S3. The van der Waals surface area contributed by atoms with Crippen molar-refractivity contribution in [2.75, 3.05) is 23.9 Å². The number of nitriles is 1. The van der Waals surface area contributed by atoms with Gasteiger partial charge in [-0.15, -0.1) is 11.3 Å². The molecule has 0 aliphatic rings. The number of ether oxygens (including phenoxy) is 2. The van der Waals surface area contributed by atoms with Gasteiger partial charge >= 0.3 is 5.97 Å². The van der Waals surface area contributed by atoms with Crippen molar-refractivity contribution in [1.82, 2.24) is 4.98 Å². The van der Waals surface area contributed by atoms with Gasteiger partial charge in [0.15, 0.2) is 9.84 Å². The molecule has 0 saturated heterocycles. The lowest BCUT2D eigenvalue weighted by Crippen LogP contribution is -2.33. The van der Waals surface area contributed by atoms with Crippen LogP contribution >= 0.6 is 23.1 Å². The van der Waals surface area contributed by atoms with E-state index in [1.807, 2.05) is 66.9 Å². The number of hydrogen-bond donors (Lipinski definition) is 0. The Morgan fingerprint density at radius 3 is 2.46 bits per heavy atom. The van der Waals surface area contributed by atoms with E-state index in [1.54, 1.807) is 24.3 Å². The molecule has 1 atom stereocenters. The van der Waals surface area contributed by atoms with Crippen molar-refractivity contribution in [2.45, 2.75) is 30.9 Å². The number of unbranched alkanes of at least 4 members (excludes halogenated alkanes) is 1. The number of esters is 1. The molecule has 0 N–H and O–H groups in total. The maximum absolute atomic E-state index is 13.0. The number of thioether (sulfide) groups is 1. The summed E-state index contributed by atoms with van der Waals surface area (Å²) < 4.78 is 36.7. The Balaban J connectivity index is 1.53. The molecule has 7 nitrogen and oxygen atoms in total. The third-order valence-corrected chi connectivity index (χ3v) is 9.64. The number of para-hydroxylation sites is 1. The zero-order valence-corrected chi connectivity index (χ0v) is 25.0. The summed E-state index contributed by atoms with van der Waals surface area (Å²) in [4.78, 5) is 18.7. The van der Waals surface area contributed by atoms with Crippen molar-refractivity contribution in [3.05, 3.63) is 89.8 Å². The Hall–Kier alpha value is -3.65. The summed E-state index contributed by atoms with van der Waals surface area (Å²) >= 11 is 2.63. The molecule has 4 aromatic rings. The van der Waals surface area contributed by atoms with E-state index in [4.69, 9.17) is 14.5 Å². The molecule has 10 heteroatoms. The molecule has 0 amide bonds. The van der Waals surface area contributed by atoms with Crippen molar-refractivity contribution in [1.29, 1.82) is 5.26 Å². The molecule has 2 heterocycles. The number of carbonyl (C=O) groups excluding carboxylic acids is 1. The van der Waals surface area contributed by atoms with E-state index in [-0.39, 0.29) is 23.9 Å². The third kappa shape index (κ3) is 8.92. The topological polar surface area (TPSA) is 106 Å². The summed E-state index contributed by atoms with van der Waals surface area (Å²) in [6.45, 7) is 1.82. The molecule has 4 rings (SSSR count). The van der Waals surface area contributed by atoms with E-state index >= 15 is 0 Å². The Bertz CT molecular complexity index is 1570. The van der Waals surface area contributed by atoms with E-state index in [1.165, 1.54) is 11.3 Å². The lowest BCUT2D eigenvalue weighted by Gasteiger charge is -2.19. The van der Waals surface area contributed by atoms with Crippen molar-refractivity contribution in [3.8, 4) is 33.5 Å². The lowest BCUT2D eigenvalue weighted by molar-refractivity contribution is -0.146. The van der Waals surface area contributed by atoms with Crippen LogP contribution in [0.2, 0.25) is 0 Å². The third-order valence-electron chi connectivity index (χ3n) is 6.01. The number of benzene rings is 2. The van der Waals surface area contributed by atoms with Crippen LogP contribution in [-0.2, 0) is 19.4 Å². The van der Waals surface area contributed by atoms with Gasteiger partial charge in [-0.3, -0.25) is 4.79 Å². The molecule has 0 aliphatic carbocycles. The quantitative estimate of drug-likeness (QED) is 0.116. The minimum Gasteiger partial charge on any atom is -0.490 e. The smallest absolute Gasteiger partial charge is 0.316 e. The number of carbonyl (C=O) groups is 1. The van der Waals surface area contributed by atoms with Crippen LogP contribution in [0.3, 0.4) is 0 Å². The summed E-state index contributed by atoms with van der Waals surface area (Å²) in [6, 6.07) is 26.5. The molecule has 2 aromatic heterocycles. The molecule has 0 fully saturated rings. The molecule has 41 heavy (non-hydrogen) atoms. The second-order valence-electron chi connectivity index (χ2n) is 9.18. The number of pyridine rings is 1. The largest absolute Gasteiger partial charge is 0.490 e. The maximum atomic E-state index is 13.0. The number of rotatable bonds is 14. The van der Waals surface area contributed by atoms with Gasteiger partial charge in [-0.25, -0.2) is 13.4 Å². The lowest BCUT2D eigenvalue weighted by atomic mass is 10.0. The van der Waals surface area contributed by atoms with Crippen LogP contribution in [0.1, 0.15) is 25.3 Å². The molecule has 0 saturated carbocycles. The minimum absolute atomic E-state index is 0.0187. The van der Waals surface area contributed by atoms with E-state index < -0.39 is 21.9 Å². The Labute approximate surface area is 249 Å². The van der Waals surface area contributed by atoms with Crippen LogP contribution < -0.4 is 4.74 Å². The first-order valence-corrected chi connectivity index (χ1v) is 16.8. The number of hydrogen-bond acceptors (Lipinski definition) is 9. The van der Waals surface area contributed by atoms with Gasteiger partial charge in [0.25, 0.3) is 0 Å². The Kier molecular flexibility index (Phi) is 11.0. The summed E-state index contributed by atoms with van der Waals surface area (Å²) in [7, 11) is -3.46. The second kappa shape index (κ2) is 14.8. The first kappa shape index (κ1) is 30.3. The number of aromatic nitrogens is 1. The second-order valence-corrected chi connectivity index (χ2v) is 13.3. The van der Waals surface area contributed by atoms with Crippen molar-refractivity contribution in [3.63, 3.8) is 0 Å². The van der Waals surface area contributed by atoms with Crippen molar-refractivity contribution < 1.29 is 22.7 Å². The molecule has 1 unspecified atom stereocenters. The predicted octanol–water partition coefficient (Wildman–Crippen LogP) is 6.65. The standard InChI is InChI=1S/C31H30N2O5S3/c1-2-3-17-41(35,36)22-25(20-37-24-13-8-5-9-14-24)38-30(34)21-40-31-27(19-32)26(23-11-6-4-7-12-23)18-28(33-31)29-15-10-16-39-29/h4-16,18,25H,2-3,17,20-22H2,1H3. The average molecular weight is 607 g/mol. The molecule has 0 aliphatic heterocycles. The maximum Gasteiger partial charge on any atom is 0.316 e. The highest BCUT2D eigenvalue weighted by Gasteiger charge is 2.24. The summed E-state index contributed by atoms with van der Waals surface area (Å²) in [5.74, 6) is -0.526. The van der Waals surface area contributed by atoms with Gasteiger partial charge < -0.3 is 9.47 Å². The average Bonchev–Trinajstić information content (AvgIpc) is 3.53. The van der Waals surface area contributed by atoms with Crippen molar-refractivity contribution >= 4 is 38.9 Å². The van der Waals surface area contributed by atoms with E-state index in [2.05, 4.69) is 6.07 Å². The van der Waals surface area contributed by atoms with Crippen LogP contribution in [-0.4, -0.2) is 49.3 Å². The zero-order valence-electron chi connectivity index (χ0n) is 22.6. The first-order valence-electron chi connectivity index (χ1n) is 13.1. The highest BCUT2D eigenvalue weighted by atomic mass is 32.2. The monoisotopic (exact) mass is 606 g/mol. The normalized spacial score (nSPS) is 11.9. The highest BCUT2D eigenvalue weighted by molar-refractivity contribution is 8.00. The van der Waals surface area contributed by atoms with Crippen LogP contribution in [0.5, 0.6) is 5.75 Å². The number of sulfone groups is 1. The number of nitrogens with zero attached hydrogens (tertiary/aromatic N) is 2. The zero-order chi connectivity index (χ0) is 29.1. The molecule has 0 spiro atoms. The van der Waals surface area contributed by atoms with Crippen LogP contribution in [0.25, 0.3) is 21.7 Å². The van der Waals surface area contributed by atoms with E-state index in [9.17, 15) is 18.5 Å². The molecule has 2 aromatic carbocycles. The molecule has 0 radical (unpaired) electrons. The van der Waals surface area contributed by atoms with Crippen LogP contribution in [0.4, 0.5) is 0 Å². The van der Waals surface area contributed by atoms with Crippen LogP contribution in [0, 0.1) is 11.3 Å². The fourth-order valence-electron chi connectivity index (χ4n) is 4.03. The molecule has 212 valence electrons. The minimum atomic E-state index is -3.46. The van der Waals surface area contributed by atoms with Crippen LogP contribution in [0.15, 0.2) is 89.3 Å². The van der Waals surface area contributed by atoms with E-state index in [0.29, 0.717) is 28.5 Å². The highest BCUT2D eigenvalue weighted by Crippen LogP contribution is 2.35. The first-order chi connectivity index (χ1) is 19.9. The van der Waals surface area contributed by atoms with Crippen molar-refractivity contribution in [2.24, 2.45) is 0 Å². The van der Waals surface area contributed by atoms with Gasteiger partial charge in [-0.2, -0.15) is 5.26 Å². The summed E-state index contributed by atoms with van der Waals surface area (Å²) in [6.07, 6.45) is 0.293. The SMILES string of the molecule is CCCCS(=O)(=O)CC(COc1ccccc1)OC(=O)CSc1nc(-c2cccs2)cc(-c2ccccc2)c1C#N. The van der Waals surface area contributed by atoms with Gasteiger partial charge in [-0.05, 0) is 41.6 Å². The predicted molar refractivity (Wildman–Crippen MR) is 164 cm³/mol. The van der Waals surface area contributed by atoms with Gasteiger partial charge in [0.2, 0.25) is 0 Å². The fourth-order valence-corrected chi connectivity index (χ4v) is 7.13. The number of thiophene rings is 1. The Morgan fingerprint density at radius 1 is 1.07 bits per heavy atom. The molecule has 0 bridgehead atoms. The summed E-state index contributed by atoms with van der Waals surface area (Å²) in [5.41, 5.74) is 2.65. The summed E-state index contributed by atoms with van der Waals surface area (Å²) in [5, 5.41) is 12.4. The van der Waals surface area contributed by atoms with Gasteiger partial charge in [0, 0.05) is 5.56 Å².